The Morgan fingerprint density at radius 1 is 1.12 bits per heavy atom. The number of aromatic nitrogens is 2. The van der Waals surface area contributed by atoms with Crippen LogP contribution in [0, 0.1) is 0 Å². The molecule has 0 radical (unpaired) electrons. The van der Waals surface area contributed by atoms with Crippen molar-refractivity contribution < 1.29 is 28.9 Å². The van der Waals surface area contributed by atoms with Gasteiger partial charge in [-0.15, -0.1) is 0 Å². The minimum Gasteiger partial charge on any atom is -0.481 e. The van der Waals surface area contributed by atoms with E-state index in [0.29, 0.717) is 6.54 Å². The van der Waals surface area contributed by atoms with E-state index in [-0.39, 0.29) is 18.7 Å². The van der Waals surface area contributed by atoms with Gasteiger partial charge in [-0.2, -0.15) is 4.98 Å². The van der Waals surface area contributed by atoms with E-state index in [1.54, 1.807) is 6.92 Å². The first-order valence-corrected chi connectivity index (χ1v) is 10.3. The van der Waals surface area contributed by atoms with Gasteiger partial charge in [-0.3, -0.25) is 14.7 Å². The normalized spacial score (nSPS) is 26.5. The first-order valence-electron chi connectivity index (χ1n) is 10.3. The Morgan fingerprint density at radius 2 is 1.88 bits per heavy atom. The number of hydrogen-bond acceptors (Lipinski definition) is 7. The first-order chi connectivity index (χ1) is 15.5. The number of ether oxygens (including phenoxy) is 3. The number of hydrogen-bond donors (Lipinski definition) is 3. The molecule has 2 unspecified atom stereocenters. The minimum absolute atomic E-state index is 0.0972. The summed E-state index contributed by atoms with van der Waals surface area (Å²) in [7, 11) is 0. The second kappa shape index (κ2) is 9.47. The number of carbonyl (C=O) groups is 2. The van der Waals surface area contributed by atoms with Gasteiger partial charge in [0.15, 0.2) is 12.5 Å². The van der Waals surface area contributed by atoms with E-state index in [9.17, 15) is 14.4 Å². The maximum atomic E-state index is 12.7. The van der Waals surface area contributed by atoms with Gasteiger partial charge in [0.1, 0.15) is 18.0 Å². The van der Waals surface area contributed by atoms with E-state index in [0.717, 1.165) is 5.56 Å². The van der Waals surface area contributed by atoms with E-state index in [1.807, 2.05) is 30.3 Å². The molecule has 0 bridgehead atoms. The Hall–Kier alpha value is -3.28. The zero-order valence-electron chi connectivity index (χ0n) is 17.3. The fraction of sp³-hybridized carbons (Fsp3) is 0.429. The smallest absolute Gasteiger partial charge is 0.351 e. The average Bonchev–Trinajstić information content (AvgIpc) is 3.33. The van der Waals surface area contributed by atoms with Crippen molar-refractivity contribution in [1.29, 1.82) is 0 Å². The van der Waals surface area contributed by atoms with Crippen LogP contribution in [0.4, 0.5) is 10.6 Å². The van der Waals surface area contributed by atoms with E-state index in [1.165, 1.54) is 16.8 Å². The van der Waals surface area contributed by atoms with Crippen molar-refractivity contribution in [3.8, 4) is 0 Å². The van der Waals surface area contributed by atoms with Crippen molar-refractivity contribution in [2.75, 3.05) is 11.9 Å². The highest BCUT2D eigenvalue weighted by Gasteiger charge is 2.53. The second-order valence-electron chi connectivity index (χ2n) is 7.43. The highest BCUT2D eigenvalue weighted by Crippen LogP contribution is 2.44. The van der Waals surface area contributed by atoms with Crippen molar-refractivity contribution in [1.82, 2.24) is 14.9 Å². The van der Waals surface area contributed by atoms with Crippen molar-refractivity contribution in [3.05, 3.63) is 58.6 Å². The third-order valence-corrected chi connectivity index (χ3v) is 5.24. The summed E-state index contributed by atoms with van der Waals surface area (Å²) in [6.07, 6.45) is -1.73. The van der Waals surface area contributed by atoms with Crippen LogP contribution in [0.3, 0.4) is 0 Å². The van der Waals surface area contributed by atoms with E-state index >= 15 is 0 Å². The van der Waals surface area contributed by atoms with Crippen LogP contribution in [0.5, 0.6) is 0 Å². The number of carboxylic acid groups (broad SMARTS) is 1. The summed E-state index contributed by atoms with van der Waals surface area (Å²) in [6, 6.07) is 10.3. The molecule has 2 amide bonds. The summed E-state index contributed by atoms with van der Waals surface area (Å²) >= 11 is 0. The maximum absolute atomic E-state index is 12.7. The van der Waals surface area contributed by atoms with Gasteiger partial charge in [-0.25, -0.2) is 9.59 Å². The largest absolute Gasteiger partial charge is 0.481 e. The monoisotopic (exact) mass is 444 g/mol. The number of anilines is 1. The average molecular weight is 444 g/mol. The van der Waals surface area contributed by atoms with Crippen LogP contribution in [-0.2, 0) is 19.0 Å². The van der Waals surface area contributed by atoms with Crippen molar-refractivity contribution in [2.24, 2.45) is 0 Å². The van der Waals surface area contributed by atoms with Gasteiger partial charge in [0, 0.05) is 24.7 Å². The molecule has 0 aliphatic carbocycles. The molecule has 2 aliphatic heterocycles. The molecule has 1 aromatic heterocycles. The van der Waals surface area contributed by atoms with Crippen LogP contribution in [0.1, 0.15) is 37.8 Å². The van der Waals surface area contributed by atoms with Gasteiger partial charge in [0.05, 0.1) is 6.10 Å². The van der Waals surface area contributed by atoms with Crippen LogP contribution in [0.15, 0.2) is 47.4 Å². The highest BCUT2D eigenvalue weighted by atomic mass is 16.8. The highest BCUT2D eigenvalue weighted by molar-refractivity contribution is 5.87. The number of fused-ring (bicyclic) bond motifs is 1. The molecule has 170 valence electrons. The number of carbonyl (C=O) groups excluding carboxylic acids is 1. The number of amides is 2. The number of nitrogens with one attached hydrogen (secondary N) is 2. The van der Waals surface area contributed by atoms with Crippen molar-refractivity contribution in [3.63, 3.8) is 0 Å². The molecule has 2 aromatic rings. The molecule has 2 aliphatic rings. The summed E-state index contributed by atoms with van der Waals surface area (Å²) in [5.41, 5.74) is 0.165. The Labute approximate surface area is 183 Å². The van der Waals surface area contributed by atoms with Crippen LogP contribution in [0.2, 0.25) is 0 Å². The molecular formula is C21H24N4O7. The Kier molecular flexibility index (Phi) is 6.49. The van der Waals surface area contributed by atoms with Crippen molar-refractivity contribution >= 4 is 17.8 Å². The summed E-state index contributed by atoms with van der Waals surface area (Å²) < 4.78 is 19.4. The summed E-state index contributed by atoms with van der Waals surface area (Å²) in [5.74, 6) is -0.855. The van der Waals surface area contributed by atoms with Gasteiger partial charge >= 0.3 is 17.7 Å². The molecule has 5 atom stereocenters. The maximum Gasteiger partial charge on any atom is 0.351 e. The summed E-state index contributed by atoms with van der Waals surface area (Å²) in [6.45, 7) is 2.20. The second-order valence-corrected chi connectivity index (χ2v) is 7.43. The van der Waals surface area contributed by atoms with E-state index in [4.69, 9.17) is 19.3 Å². The van der Waals surface area contributed by atoms with Crippen LogP contribution >= 0.6 is 0 Å². The molecule has 1 aromatic carbocycles. The number of aliphatic carboxylic acids is 1. The van der Waals surface area contributed by atoms with E-state index < -0.39 is 48.5 Å². The van der Waals surface area contributed by atoms with Crippen LogP contribution < -0.4 is 16.3 Å². The zero-order valence-corrected chi connectivity index (χ0v) is 17.3. The first kappa shape index (κ1) is 21.9. The zero-order chi connectivity index (χ0) is 22.7. The van der Waals surface area contributed by atoms with Crippen LogP contribution in [-0.4, -0.2) is 51.5 Å². The SMILES string of the molecule is CCNC(=O)Nc1ccn([C@@H]2O[C@H](CCC(=O)O)C3O[C@H](c4ccccc4)OC32)c(=O)n1. The lowest BCUT2D eigenvalue weighted by Crippen LogP contribution is -2.35. The Bertz CT molecular complexity index is 1030. The molecule has 3 heterocycles. The summed E-state index contributed by atoms with van der Waals surface area (Å²) in [4.78, 5) is 39.3. The fourth-order valence-electron chi connectivity index (χ4n) is 3.82. The number of carboxylic acids is 1. The quantitative estimate of drug-likeness (QED) is 0.585. The molecule has 4 rings (SSSR count). The summed E-state index contributed by atoms with van der Waals surface area (Å²) in [5, 5.41) is 14.1. The van der Waals surface area contributed by atoms with Gasteiger partial charge < -0.3 is 24.6 Å². The third kappa shape index (κ3) is 4.64. The number of nitrogens with zero attached hydrogens (tertiary/aromatic N) is 2. The molecule has 3 N–H and O–H groups in total. The molecule has 0 saturated carbocycles. The predicted molar refractivity (Wildman–Crippen MR) is 111 cm³/mol. The molecule has 2 saturated heterocycles. The number of benzene rings is 1. The molecule has 32 heavy (non-hydrogen) atoms. The Morgan fingerprint density at radius 3 is 2.56 bits per heavy atom. The molecule has 11 heteroatoms. The third-order valence-electron chi connectivity index (χ3n) is 5.24. The van der Waals surface area contributed by atoms with Gasteiger partial charge in [-0.1, -0.05) is 30.3 Å². The fourth-order valence-corrected chi connectivity index (χ4v) is 3.82. The molecular weight excluding hydrogens is 420 g/mol. The lowest BCUT2D eigenvalue weighted by Gasteiger charge is -2.21. The number of rotatable bonds is 7. The standard InChI is InChI=1S/C21H24N4O7/c1-2-22-20(28)23-14-10-11-25(21(29)24-14)18-17-16(13(30-18)8-9-15(26)27)31-19(32-17)12-6-4-3-5-7-12/h3-7,10-11,13,16-19H,2,8-9H2,1H3,(H,26,27)(H2,22,23,24,28,29)/t13-,16?,17?,18-,19+/m1/s1. The van der Waals surface area contributed by atoms with Gasteiger partial charge in [0.25, 0.3) is 0 Å². The number of urea groups is 1. The van der Waals surface area contributed by atoms with Gasteiger partial charge in [0.2, 0.25) is 0 Å². The topological polar surface area (TPSA) is 141 Å². The lowest BCUT2D eigenvalue weighted by atomic mass is 10.1. The van der Waals surface area contributed by atoms with Gasteiger partial charge in [-0.05, 0) is 19.4 Å². The molecule has 11 nitrogen and oxygen atoms in total. The molecule has 2 fully saturated rings. The lowest BCUT2D eigenvalue weighted by molar-refractivity contribution is -0.152. The van der Waals surface area contributed by atoms with Crippen LogP contribution in [0.25, 0.3) is 0 Å². The van der Waals surface area contributed by atoms with E-state index in [2.05, 4.69) is 15.6 Å². The molecule has 0 spiro atoms. The predicted octanol–water partition coefficient (Wildman–Crippen LogP) is 1.63. The van der Waals surface area contributed by atoms with Crippen molar-refractivity contribution in [2.45, 2.75) is 50.6 Å². The Balaban J connectivity index is 1.57. The minimum atomic E-state index is -0.952.